The minimum atomic E-state index is -5.18. The fourth-order valence-electron chi connectivity index (χ4n) is 6.08. The van der Waals surface area contributed by atoms with Crippen molar-refractivity contribution < 1.29 is 32.6 Å². The molecule has 7 nitrogen and oxygen atoms in total. The number of rotatable bonds is 7. The first kappa shape index (κ1) is 30.7. The summed E-state index contributed by atoms with van der Waals surface area (Å²) in [6, 6.07) is 10.9. The molecule has 0 aliphatic carbocycles. The van der Waals surface area contributed by atoms with Crippen LogP contribution in [0.5, 0.6) is 5.75 Å². The lowest BCUT2D eigenvalue weighted by Gasteiger charge is -2.40. The molecule has 2 saturated heterocycles. The molecule has 2 aliphatic heterocycles. The molecule has 0 spiro atoms. The standard InChI is InChI=1S/C31H40F3N3O4/c1-21-18-25(8-9-27(21)28(38)35(2)3)36-14-10-22(11-15-36)19-23-12-16-37(17-13-23)29(39)30(40,31(32,33)34)24-6-5-7-26(20-24)41-4/h5-9,18,20,22-23,40H,10-17,19H2,1-4H3/t30-/m1/s1. The second-order valence-corrected chi connectivity index (χ2v) is 11.5. The topological polar surface area (TPSA) is 73.3 Å². The highest BCUT2D eigenvalue weighted by Gasteiger charge is 2.62. The largest absolute Gasteiger partial charge is 0.497 e. The smallest absolute Gasteiger partial charge is 0.430 e. The van der Waals surface area contributed by atoms with E-state index < -0.39 is 23.2 Å². The summed E-state index contributed by atoms with van der Waals surface area (Å²) in [5, 5.41) is 10.8. The van der Waals surface area contributed by atoms with E-state index in [9.17, 15) is 27.9 Å². The van der Waals surface area contributed by atoms with Gasteiger partial charge in [-0.15, -0.1) is 0 Å². The quantitative estimate of drug-likeness (QED) is 0.503. The van der Waals surface area contributed by atoms with Gasteiger partial charge >= 0.3 is 6.18 Å². The zero-order valence-corrected chi connectivity index (χ0v) is 24.2. The van der Waals surface area contributed by atoms with Crippen LogP contribution in [0.15, 0.2) is 42.5 Å². The van der Waals surface area contributed by atoms with Crippen molar-refractivity contribution in [2.45, 2.75) is 50.8 Å². The van der Waals surface area contributed by atoms with Crippen LogP contribution >= 0.6 is 0 Å². The number of aryl methyl sites for hydroxylation is 1. The van der Waals surface area contributed by atoms with E-state index in [2.05, 4.69) is 11.0 Å². The number of aliphatic hydroxyl groups is 1. The number of methoxy groups -OCH3 is 1. The van der Waals surface area contributed by atoms with Crippen molar-refractivity contribution >= 4 is 17.5 Å². The first-order valence-electron chi connectivity index (χ1n) is 14.2. The Morgan fingerprint density at radius 1 is 0.976 bits per heavy atom. The first-order chi connectivity index (χ1) is 19.3. The van der Waals surface area contributed by atoms with Gasteiger partial charge in [-0.3, -0.25) is 9.59 Å². The Hall–Kier alpha value is -3.27. The monoisotopic (exact) mass is 575 g/mol. The summed E-state index contributed by atoms with van der Waals surface area (Å²) in [5.74, 6) is -0.375. The number of ether oxygens (including phenoxy) is 1. The average Bonchev–Trinajstić information content (AvgIpc) is 2.96. The Morgan fingerprint density at radius 2 is 1.59 bits per heavy atom. The third-order valence-electron chi connectivity index (χ3n) is 8.60. The van der Waals surface area contributed by atoms with Gasteiger partial charge in [0.15, 0.2) is 0 Å². The Bertz CT molecular complexity index is 1240. The second-order valence-electron chi connectivity index (χ2n) is 11.5. The van der Waals surface area contributed by atoms with Gasteiger partial charge in [-0.25, -0.2) is 0 Å². The van der Waals surface area contributed by atoms with Crippen LogP contribution in [0.3, 0.4) is 0 Å². The zero-order valence-electron chi connectivity index (χ0n) is 24.2. The second kappa shape index (κ2) is 12.3. The normalized spacial score (nSPS) is 18.6. The number of likely N-dealkylation sites (tertiary alicyclic amines) is 1. The van der Waals surface area contributed by atoms with Crippen molar-refractivity contribution in [3.8, 4) is 5.75 Å². The molecule has 4 rings (SSSR count). The fraction of sp³-hybridized carbons (Fsp3) is 0.548. The van der Waals surface area contributed by atoms with Gasteiger partial charge in [-0.1, -0.05) is 12.1 Å². The van der Waals surface area contributed by atoms with E-state index in [1.165, 1.54) is 19.2 Å². The molecule has 2 aromatic carbocycles. The molecule has 1 atom stereocenters. The molecule has 2 heterocycles. The minimum absolute atomic E-state index is 0.0103. The van der Waals surface area contributed by atoms with Crippen molar-refractivity contribution in [1.82, 2.24) is 9.80 Å². The molecule has 10 heteroatoms. The lowest BCUT2D eigenvalue weighted by atomic mass is 9.82. The number of piperidine rings is 2. The number of amides is 2. The molecule has 0 saturated carbocycles. The molecule has 0 unspecified atom stereocenters. The maximum Gasteiger partial charge on any atom is 0.430 e. The van der Waals surface area contributed by atoms with E-state index >= 15 is 0 Å². The summed E-state index contributed by atoms with van der Waals surface area (Å²) < 4.78 is 47.4. The molecule has 0 aromatic heterocycles. The van der Waals surface area contributed by atoms with Gasteiger partial charge in [-0.05, 0) is 86.8 Å². The van der Waals surface area contributed by atoms with Crippen molar-refractivity contribution in [3.05, 3.63) is 59.2 Å². The molecule has 2 aromatic rings. The number of carbonyl (C=O) groups excluding carboxylic acids is 2. The summed E-state index contributed by atoms with van der Waals surface area (Å²) in [5.41, 5.74) is -1.41. The summed E-state index contributed by atoms with van der Waals surface area (Å²) in [6.45, 7) is 4.13. The molecule has 2 aliphatic rings. The van der Waals surface area contributed by atoms with Gasteiger partial charge in [0.2, 0.25) is 0 Å². The molecule has 41 heavy (non-hydrogen) atoms. The average molecular weight is 576 g/mol. The first-order valence-corrected chi connectivity index (χ1v) is 14.2. The fourth-order valence-corrected chi connectivity index (χ4v) is 6.08. The number of nitrogens with zero attached hydrogens (tertiary/aromatic N) is 3. The van der Waals surface area contributed by atoms with E-state index in [0.717, 1.165) is 60.6 Å². The number of hydrogen-bond acceptors (Lipinski definition) is 5. The highest BCUT2D eigenvalue weighted by atomic mass is 19.4. The SMILES string of the molecule is COc1cccc([C@@](O)(C(=O)N2CCC(CC3CCN(c4ccc(C(=O)N(C)C)c(C)c4)CC3)CC2)C(F)(F)F)c1. The maximum absolute atomic E-state index is 14.1. The number of anilines is 1. The van der Waals surface area contributed by atoms with Gasteiger partial charge in [0.25, 0.3) is 17.4 Å². The highest BCUT2D eigenvalue weighted by molar-refractivity contribution is 5.95. The van der Waals surface area contributed by atoms with Crippen LogP contribution in [0.4, 0.5) is 18.9 Å². The van der Waals surface area contributed by atoms with Crippen LogP contribution < -0.4 is 9.64 Å². The molecular weight excluding hydrogens is 535 g/mol. The predicted molar refractivity (Wildman–Crippen MR) is 151 cm³/mol. The van der Waals surface area contributed by atoms with Gasteiger partial charge in [0, 0.05) is 57.1 Å². The highest BCUT2D eigenvalue weighted by Crippen LogP contribution is 2.42. The summed E-state index contributed by atoms with van der Waals surface area (Å²) in [7, 11) is 4.80. The molecule has 1 N–H and O–H groups in total. The molecular formula is C31H40F3N3O4. The van der Waals surface area contributed by atoms with Crippen molar-refractivity contribution in [2.24, 2.45) is 11.8 Å². The van der Waals surface area contributed by atoms with Crippen molar-refractivity contribution in [1.29, 1.82) is 0 Å². The van der Waals surface area contributed by atoms with Crippen LogP contribution in [0, 0.1) is 18.8 Å². The molecule has 2 amide bonds. The number of benzene rings is 2. The van der Waals surface area contributed by atoms with E-state index in [1.54, 1.807) is 19.0 Å². The Labute approximate surface area is 239 Å². The van der Waals surface area contributed by atoms with Crippen molar-refractivity contribution in [3.63, 3.8) is 0 Å². The number of carbonyl (C=O) groups is 2. The van der Waals surface area contributed by atoms with Crippen LogP contribution in [-0.2, 0) is 10.4 Å². The molecule has 224 valence electrons. The lowest BCUT2D eigenvalue weighted by molar-refractivity contribution is -0.262. The van der Waals surface area contributed by atoms with E-state index in [1.807, 2.05) is 19.1 Å². The zero-order chi connectivity index (χ0) is 29.9. The van der Waals surface area contributed by atoms with Crippen LogP contribution in [-0.4, -0.2) is 80.3 Å². The van der Waals surface area contributed by atoms with E-state index in [-0.39, 0.29) is 24.7 Å². The van der Waals surface area contributed by atoms with Crippen molar-refractivity contribution in [2.75, 3.05) is 52.3 Å². The Morgan fingerprint density at radius 3 is 2.12 bits per heavy atom. The minimum Gasteiger partial charge on any atom is -0.497 e. The number of alkyl halides is 3. The van der Waals surface area contributed by atoms with Gasteiger partial charge < -0.3 is 24.5 Å². The molecule has 0 bridgehead atoms. The third kappa shape index (κ3) is 6.47. The summed E-state index contributed by atoms with van der Waals surface area (Å²) in [4.78, 5) is 30.6. The van der Waals surface area contributed by atoms with Gasteiger partial charge in [0.05, 0.1) is 7.11 Å². The van der Waals surface area contributed by atoms with E-state index in [4.69, 9.17) is 4.74 Å². The van der Waals surface area contributed by atoms with Crippen LogP contribution in [0.2, 0.25) is 0 Å². The van der Waals surface area contributed by atoms with Crippen LogP contribution in [0.1, 0.15) is 53.6 Å². The Balaban J connectivity index is 1.31. The predicted octanol–water partition coefficient (Wildman–Crippen LogP) is 5.00. The third-order valence-corrected chi connectivity index (χ3v) is 8.60. The summed E-state index contributed by atoms with van der Waals surface area (Å²) >= 11 is 0. The van der Waals surface area contributed by atoms with Crippen LogP contribution in [0.25, 0.3) is 0 Å². The Kier molecular flexibility index (Phi) is 9.21. The number of hydrogen-bond donors (Lipinski definition) is 1. The van der Waals surface area contributed by atoms with E-state index in [0.29, 0.717) is 30.2 Å². The lowest BCUT2D eigenvalue weighted by Crippen LogP contribution is -2.57. The molecule has 2 fully saturated rings. The number of halogens is 3. The van der Waals surface area contributed by atoms with Gasteiger partial charge in [-0.2, -0.15) is 13.2 Å². The van der Waals surface area contributed by atoms with Gasteiger partial charge in [0.1, 0.15) is 5.75 Å². The maximum atomic E-state index is 14.1. The summed E-state index contributed by atoms with van der Waals surface area (Å²) in [6.07, 6.45) is -0.954. The molecule has 0 radical (unpaired) electrons.